The summed E-state index contributed by atoms with van der Waals surface area (Å²) in [5.74, 6) is -2.45. The van der Waals surface area contributed by atoms with Gasteiger partial charge in [-0.1, -0.05) is 30.4 Å². The third-order valence-electron chi connectivity index (χ3n) is 5.61. The lowest BCUT2D eigenvalue weighted by molar-refractivity contribution is -0.130. The van der Waals surface area contributed by atoms with Gasteiger partial charge in [-0.25, -0.2) is 13.8 Å². The number of fused-ring (bicyclic) bond motifs is 1. The van der Waals surface area contributed by atoms with Crippen molar-refractivity contribution < 1.29 is 18.4 Å². The first kappa shape index (κ1) is 23.1. The van der Waals surface area contributed by atoms with Gasteiger partial charge in [0.25, 0.3) is 0 Å². The molecule has 2 aromatic carbocycles. The molecule has 0 saturated heterocycles. The topological polar surface area (TPSA) is 67.2 Å². The number of aryl methyl sites for hydroxylation is 1. The fourth-order valence-corrected chi connectivity index (χ4v) is 3.89. The van der Waals surface area contributed by atoms with E-state index in [4.69, 9.17) is 0 Å². The number of halogens is 2. The standard InChI is InChI=1S/C26H24F2N4O2/c1-3-4-5-6-7-17-8-11-19(14-22(17)28)30-24(33)21-15-23-25(31(2)16-29-23)32(26(21)34)20-12-9-18(27)10-13-20/h3-6,8-14,16,21H,7,15H2,1-2H3,(H,30,33). The highest BCUT2D eigenvalue weighted by Crippen LogP contribution is 2.36. The Kier molecular flexibility index (Phi) is 6.67. The first-order valence-corrected chi connectivity index (χ1v) is 10.9. The van der Waals surface area contributed by atoms with Crippen molar-refractivity contribution in [3.8, 4) is 0 Å². The molecule has 0 radical (unpaired) electrons. The Hall–Kier alpha value is -4.07. The lowest BCUT2D eigenvalue weighted by atomic mass is 9.95. The molecule has 2 heterocycles. The Morgan fingerprint density at radius 3 is 2.65 bits per heavy atom. The largest absolute Gasteiger partial charge is 0.325 e. The highest BCUT2D eigenvalue weighted by molar-refractivity contribution is 6.15. The fraction of sp³-hybridized carbons (Fsp3) is 0.192. The smallest absolute Gasteiger partial charge is 0.245 e. The predicted molar refractivity (Wildman–Crippen MR) is 127 cm³/mol. The Balaban J connectivity index is 1.56. The molecule has 0 spiro atoms. The molecule has 1 N–H and O–H groups in total. The first-order valence-electron chi connectivity index (χ1n) is 10.9. The Labute approximate surface area is 196 Å². The normalized spacial score (nSPS) is 15.8. The van der Waals surface area contributed by atoms with Gasteiger partial charge in [-0.05, 0) is 55.3 Å². The van der Waals surface area contributed by atoms with Gasteiger partial charge in [0.15, 0.2) is 0 Å². The molecule has 0 saturated carbocycles. The van der Waals surface area contributed by atoms with Crippen LogP contribution in [0.25, 0.3) is 0 Å². The van der Waals surface area contributed by atoms with Crippen LogP contribution in [0, 0.1) is 17.6 Å². The molecule has 3 aromatic rings. The van der Waals surface area contributed by atoms with Crippen LogP contribution >= 0.6 is 0 Å². The van der Waals surface area contributed by atoms with Gasteiger partial charge in [-0.15, -0.1) is 0 Å². The van der Waals surface area contributed by atoms with Gasteiger partial charge in [0.1, 0.15) is 23.4 Å². The van der Waals surface area contributed by atoms with E-state index in [1.54, 1.807) is 30.1 Å². The molecule has 1 atom stereocenters. The highest BCUT2D eigenvalue weighted by Gasteiger charge is 2.40. The summed E-state index contributed by atoms with van der Waals surface area (Å²) in [6, 6.07) is 9.91. The second kappa shape index (κ2) is 9.82. The zero-order valence-electron chi connectivity index (χ0n) is 18.8. The van der Waals surface area contributed by atoms with E-state index in [-0.39, 0.29) is 12.1 Å². The van der Waals surface area contributed by atoms with Crippen LogP contribution in [0.4, 0.5) is 26.0 Å². The quantitative estimate of drug-likeness (QED) is 0.421. The van der Waals surface area contributed by atoms with Gasteiger partial charge < -0.3 is 9.88 Å². The number of nitrogens with zero attached hydrogens (tertiary/aromatic N) is 3. The molecule has 1 aliphatic heterocycles. The van der Waals surface area contributed by atoms with Crippen LogP contribution in [0.5, 0.6) is 0 Å². The number of hydrogen-bond acceptors (Lipinski definition) is 3. The molecule has 1 aromatic heterocycles. The van der Waals surface area contributed by atoms with Crippen molar-refractivity contribution >= 4 is 29.0 Å². The molecule has 8 heteroatoms. The van der Waals surface area contributed by atoms with Crippen molar-refractivity contribution in [1.82, 2.24) is 9.55 Å². The maximum absolute atomic E-state index is 14.5. The van der Waals surface area contributed by atoms with Gasteiger partial charge in [0, 0.05) is 19.2 Å². The van der Waals surface area contributed by atoms with Crippen molar-refractivity contribution in [3.05, 3.63) is 96.0 Å². The van der Waals surface area contributed by atoms with Gasteiger partial charge in [-0.3, -0.25) is 14.5 Å². The summed E-state index contributed by atoms with van der Waals surface area (Å²) in [5.41, 5.74) is 1.75. The van der Waals surface area contributed by atoms with Gasteiger partial charge in [0.05, 0.1) is 17.7 Å². The van der Waals surface area contributed by atoms with Crippen molar-refractivity contribution in [2.75, 3.05) is 10.2 Å². The minimum Gasteiger partial charge on any atom is -0.325 e. The molecule has 2 amide bonds. The van der Waals surface area contributed by atoms with Crippen LogP contribution in [0.1, 0.15) is 18.2 Å². The zero-order chi connectivity index (χ0) is 24.2. The fourth-order valence-electron chi connectivity index (χ4n) is 3.89. The first-order chi connectivity index (χ1) is 16.4. The van der Waals surface area contributed by atoms with Crippen LogP contribution in [0.2, 0.25) is 0 Å². The van der Waals surface area contributed by atoms with E-state index in [0.717, 1.165) is 0 Å². The van der Waals surface area contributed by atoms with Crippen molar-refractivity contribution in [3.63, 3.8) is 0 Å². The second-order valence-corrected chi connectivity index (χ2v) is 7.99. The number of carbonyl (C=O) groups is 2. The minimum atomic E-state index is -1.07. The zero-order valence-corrected chi connectivity index (χ0v) is 18.8. The number of aromatic nitrogens is 2. The number of hydrogen-bond donors (Lipinski definition) is 1. The van der Waals surface area contributed by atoms with Gasteiger partial charge in [-0.2, -0.15) is 0 Å². The van der Waals surface area contributed by atoms with Gasteiger partial charge in [0.2, 0.25) is 11.8 Å². The lowest BCUT2D eigenvalue weighted by Crippen LogP contribution is -2.44. The molecular formula is C26H24F2N4O2. The Morgan fingerprint density at radius 2 is 1.94 bits per heavy atom. The summed E-state index contributed by atoms with van der Waals surface area (Å²) >= 11 is 0. The molecule has 1 unspecified atom stereocenters. The second-order valence-electron chi connectivity index (χ2n) is 7.99. The number of carbonyl (C=O) groups excluding carboxylic acids is 2. The van der Waals surface area contributed by atoms with Crippen LogP contribution in [0.3, 0.4) is 0 Å². The number of imidazole rings is 1. The van der Waals surface area contributed by atoms with Gasteiger partial charge >= 0.3 is 0 Å². The van der Waals surface area contributed by atoms with Crippen molar-refractivity contribution in [2.45, 2.75) is 19.8 Å². The SMILES string of the molecule is CC=CC=CCc1ccc(NC(=O)C2Cc3ncn(C)c3N(c3ccc(F)cc3)C2=O)cc1F. The van der Waals surface area contributed by atoms with Crippen LogP contribution in [-0.4, -0.2) is 21.4 Å². The maximum atomic E-state index is 14.5. The molecule has 0 aliphatic carbocycles. The molecule has 6 nitrogen and oxygen atoms in total. The molecule has 4 rings (SSSR count). The van der Waals surface area contributed by atoms with Crippen molar-refractivity contribution in [1.29, 1.82) is 0 Å². The minimum absolute atomic E-state index is 0.106. The average molecular weight is 463 g/mol. The van der Waals surface area contributed by atoms with Crippen molar-refractivity contribution in [2.24, 2.45) is 13.0 Å². The third kappa shape index (κ3) is 4.66. The van der Waals surface area contributed by atoms with E-state index in [9.17, 15) is 18.4 Å². The van der Waals surface area contributed by atoms with E-state index < -0.39 is 29.4 Å². The van der Waals surface area contributed by atoms with Crippen LogP contribution in [0.15, 0.2) is 73.1 Å². The summed E-state index contributed by atoms with van der Waals surface area (Å²) < 4.78 is 29.7. The number of amides is 2. The monoisotopic (exact) mass is 462 g/mol. The highest BCUT2D eigenvalue weighted by atomic mass is 19.1. The molecule has 34 heavy (non-hydrogen) atoms. The van der Waals surface area contributed by atoms with Crippen LogP contribution < -0.4 is 10.2 Å². The van der Waals surface area contributed by atoms with E-state index in [2.05, 4.69) is 10.3 Å². The summed E-state index contributed by atoms with van der Waals surface area (Å²) in [7, 11) is 1.74. The molecule has 0 bridgehead atoms. The molecular weight excluding hydrogens is 438 g/mol. The van der Waals surface area contributed by atoms with E-state index in [0.29, 0.717) is 29.2 Å². The number of allylic oxidation sites excluding steroid dienone is 4. The predicted octanol–water partition coefficient (Wildman–Crippen LogP) is 4.85. The number of anilines is 3. The van der Waals surface area contributed by atoms with E-state index in [1.165, 1.54) is 35.2 Å². The molecule has 0 fully saturated rings. The maximum Gasteiger partial charge on any atom is 0.245 e. The lowest BCUT2D eigenvalue weighted by Gasteiger charge is -2.31. The number of benzene rings is 2. The van der Waals surface area contributed by atoms with E-state index in [1.807, 2.05) is 31.2 Å². The summed E-state index contributed by atoms with van der Waals surface area (Å²) in [5, 5.41) is 2.66. The molecule has 1 aliphatic rings. The van der Waals surface area contributed by atoms with Crippen LogP contribution in [-0.2, 0) is 29.5 Å². The van der Waals surface area contributed by atoms with E-state index >= 15 is 0 Å². The summed E-state index contributed by atoms with van der Waals surface area (Å²) in [4.78, 5) is 32.2. The molecule has 174 valence electrons. The third-order valence-corrected chi connectivity index (χ3v) is 5.61. The Bertz CT molecular complexity index is 1280. The Morgan fingerprint density at radius 1 is 1.18 bits per heavy atom. The number of nitrogens with one attached hydrogen (secondary N) is 1. The summed E-state index contributed by atoms with van der Waals surface area (Å²) in [6.07, 6.45) is 9.50. The average Bonchev–Trinajstić information content (AvgIpc) is 3.18. The number of rotatable bonds is 6. The summed E-state index contributed by atoms with van der Waals surface area (Å²) in [6.45, 7) is 1.90.